The third kappa shape index (κ3) is 5.82. The third-order valence-electron chi connectivity index (χ3n) is 5.51. The van der Waals surface area contributed by atoms with Crippen molar-refractivity contribution < 1.29 is 19.1 Å². The smallest absolute Gasteiger partial charge is 0.261 e. The number of ether oxygens (including phenoxy) is 1. The summed E-state index contributed by atoms with van der Waals surface area (Å²) in [5, 5.41) is 5.89. The van der Waals surface area contributed by atoms with Gasteiger partial charge in [-0.25, -0.2) is 0 Å². The average molecular weight is 513 g/mol. The number of nitrogens with one attached hydrogen (secondary N) is 2. The van der Waals surface area contributed by atoms with Crippen LogP contribution in [-0.4, -0.2) is 51.6 Å². The molecule has 1 aliphatic rings. The number of halogens is 1. The van der Waals surface area contributed by atoms with Crippen LogP contribution in [0.4, 0.5) is 17.1 Å². The van der Waals surface area contributed by atoms with Gasteiger partial charge in [-0.2, -0.15) is 0 Å². The molecule has 0 radical (unpaired) electrons. The maximum Gasteiger partial charge on any atom is 0.261 e. The minimum atomic E-state index is -0.295. The molecule has 1 aromatic heterocycles. The first-order valence-corrected chi connectivity index (χ1v) is 12.1. The molecule has 0 spiro atoms. The molecule has 0 atom stereocenters. The van der Waals surface area contributed by atoms with E-state index in [1.807, 2.05) is 37.2 Å². The predicted octanol–water partition coefficient (Wildman–Crippen LogP) is 4.01. The first-order chi connectivity index (χ1) is 16.8. The molecule has 182 valence electrons. The lowest BCUT2D eigenvalue weighted by atomic mass is 10.1. The number of carbonyl (C=O) groups excluding carboxylic acids is 3. The highest BCUT2D eigenvalue weighted by molar-refractivity contribution is 7.18. The van der Waals surface area contributed by atoms with Gasteiger partial charge in [-0.05, 0) is 48.0 Å². The highest BCUT2D eigenvalue weighted by Gasteiger charge is 2.21. The van der Waals surface area contributed by atoms with E-state index in [2.05, 4.69) is 10.6 Å². The summed E-state index contributed by atoms with van der Waals surface area (Å²) >= 11 is 7.15. The molecule has 0 saturated carbocycles. The minimum absolute atomic E-state index is 0.0579. The number of morpholine rings is 1. The quantitative estimate of drug-likeness (QED) is 0.499. The number of hydrogen-bond donors (Lipinski definition) is 2. The van der Waals surface area contributed by atoms with Crippen LogP contribution in [0.3, 0.4) is 0 Å². The standard InChI is InChI=1S/C25H25ClN4O4S/c1-29(2)19-5-3-4-17(14-27-25(33)20-10-11-21(26)35-20)23(19)28-24(32)16-6-8-18(9-7-16)30-12-13-34-15-22(30)31/h3-11H,12-15H2,1-2H3,(H,27,33)(H,28,32). The van der Waals surface area contributed by atoms with Gasteiger partial charge in [0.1, 0.15) is 6.61 Å². The van der Waals surface area contributed by atoms with Crippen molar-refractivity contribution in [2.24, 2.45) is 0 Å². The van der Waals surface area contributed by atoms with Gasteiger partial charge in [0.05, 0.1) is 27.2 Å². The molecule has 0 aliphatic carbocycles. The highest BCUT2D eigenvalue weighted by Crippen LogP contribution is 2.30. The fraction of sp³-hybridized carbons (Fsp3) is 0.240. The maximum atomic E-state index is 13.1. The van der Waals surface area contributed by atoms with Crippen LogP contribution in [0.25, 0.3) is 0 Å². The zero-order chi connectivity index (χ0) is 24.9. The van der Waals surface area contributed by atoms with Gasteiger partial charge in [-0.1, -0.05) is 23.7 Å². The first-order valence-electron chi connectivity index (χ1n) is 11.0. The van der Waals surface area contributed by atoms with Crippen molar-refractivity contribution in [3.05, 3.63) is 74.9 Å². The van der Waals surface area contributed by atoms with Crippen molar-refractivity contribution in [2.75, 3.05) is 49.0 Å². The van der Waals surface area contributed by atoms with Gasteiger partial charge in [0.2, 0.25) is 0 Å². The molecule has 3 amide bonds. The van der Waals surface area contributed by atoms with Gasteiger partial charge in [0, 0.05) is 38.4 Å². The van der Waals surface area contributed by atoms with Crippen LogP contribution in [0.2, 0.25) is 4.34 Å². The lowest BCUT2D eigenvalue weighted by molar-refractivity contribution is -0.125. The van der Waals surface area contributed by atoms with Crippen LogP contribution < -0.4 is 20.4 Å². The normalized spacial score (nSPS) is 13.5. The third-order valence-corrected chi connectivity index (χ3v) is 6.74. The van der Waals surface area contributed by atoms with E-state index in [9.17, 15) is 14.4 Å². The SMILES string of the molecule is CN(C)c1cccc(CNC(=O)c2ccc(Cl)s2)c1NC(=O)c1ccc(N2CCOCC2=O)cc1. The van der Waals surface area contributed by atoms with Crippen LogP contribution in [0.5, 0.6) is 0 Å². The molecular weight excluding hydrogens is 488 g/mol. The lowest BCUT2D eigenvalue weighted by Gasteiger charge is -2.27. The molecular formula is C25H25ClN4O4S. The Morgan fingerprint density at radius 2 is 1.86 bits per heavy atom. The summed E-state index contributed by atoms with van der Waals surface area (Å²) in [5.74, 6) is -0.635. The van der Waals surface area contributed by atoms with Gasteiger partial charge in [0.15, 0.2) is 0 Å². The zero-order valence-corrected chi connectivity index (χ0v) is 20.9. The summed E-state index contributed by atoms with van der Waals surface area (Å²) in [7, 11) is 3.77. The second-order valence-electron chi connectivity index (χ2n) is 8.09. The Labute approximate surface area is 212 Å². The Morgan fingerprint density at radius 3 is 2.51 bits per heavy atom. The molecule has 2 heterocycles. The molecule has 3 aromatic rings. The minimum Gasteiger partial charge on any atom is -0.376 e. The zero-order valence-electron chi connectivity index (χ0n) is 19.3. The largest absolute Gasteiger partial charge is 0.376 e. The van der Waals surface area contributed by atoms with Crippen molar-refractivity contribution in [1.82, 2.24) is 5.32 Å². The molecule has 2 aromatic carbocycles. The molecule has 2 N–H and O–H groups in total. The van der Waals surface area contributed by atoms with Crippen LogP contribution in [0, 0.1) is 0 Å². The summed E-state index contributed by atoms with van der Waals surface area (Å²) in [6.45, 7) is 1.24. The van der Waals surface area contributed by atoms with E-state index in [-0.39, 0.29) is 30.9 Å². The summed E-state index contributed by atoms with van der Waals surface area (Å²) in [4.78, 5) is 41.8. The van der Waals surface area contributed by atoms with Crippen molar-refractivity contribution >= 4 is 57.7 Å². The topological polar surface area (TPSA) is 91.0 Å². The molecule has 0 unspecified atom stereocenters. The Hall–Kier alpha value is -3.40. The van der Waals surface area contributed by atoms with E-state index >= 15 is 0 Å². The van der Waals surface area contributed by atoms with Gasteiger partial charge in [-0.15, -0.1) is 11.3 Å². The van der Waals surface area contributed by atoms with E-state index in [1.54, 1.807) is 41.3 Å². The van der Waals surface area contributed by atoms with Gasteiger partial charge in [-0.3, -0.25) is 14.4 Å². The summed E-state index contributed by atoms with van der Waals surface area (Å²) < 4.78 is 5.72. The number of hydrogen-bond acceptors (Lipinski definition) is 6. The monoisotopic (exact) mass is 512 g/mol. The van der Waals surface area contributed by atoms with Gasteiger partial charge in [0.25, 0.3) is 17.7 Å². The Balaban J connectivity index is 1.51. The second kappa shape index (κ2) is 10.9. The molecule has 1 saturated heterocycles. The first kappa shape index (κ1) is 24.7. The molecule has 0 bridgehead atoms. The fourth-order valence-electron chi connectivity index (χ4n) is 3.72. The number of anilines is 3. The Morgan fingerprint density at radius 1 is 1.09 bits per heavy atom. The summed E-state index contributed by atoms with van der Waals surface area (Å²) in [5.41, 5.74) is 3.35. The molecule has 8 nitrogen and oxygen atoms in total. The average Bonchev–Trinajstić information content (AvgIpc) is 3.29. The van der Waals surface area contributed by atoms with E-state index < -0.39 is 0 Å². The second-order valence-corrected chi connectivity index (χ2v) is 9.81. The number of rotatable bonds is 7. The number of amides is 3. The Kier molecular flexibility index (Phi) is 7.70. The van der Waals surface area contributed by atoms with Crippen LogP contribution >= 0.6 is 22.9 Å². The molecule has 1 fully saturated rings. The van der Waals surface area contributed by atoms with Crippen molar-refractivity contribution in [2.45, 2.75) is 6.54 Å². The summed E-state index contributed by atoms with van der Waals surface area (Å²) in [6.07, 6.45) is 0. The van der Waals surface area contributed by atoms with E-state index in [4.69, 9.17) is 16.3 Å². The molecule has 35 heavy (non-hydrogen) atoms. The number of carbonyl (C=O) groups is 3. The van der Waals surface area contributed by atoms with Gasteiger partial charge < -0.3 is 25.2 Å². The molecule has 4 rings (SSSR count). The number of benzene rings is 2. The van der Waals surface area contributed by atoms with E-state index in [1.165, 1.54) is 11.3 Å². The van der Waals surface area contributed by atoms with E-state index in [0.717, 1.165) is 16.9 Å². The lowest BCUT2D eigenvalue weighted by Crippen LogP contribution is -2.41. The van der Waals surface area contributed by atoms with Crippen LogP contribution in [0.15, 0.2) is 54.6 Å². The Bertz CT molecular complexity index is 1240. The number of thiophene rings is 1. The highest BCUT2D eigenvalue weighted by atomic mass is 35.5. The molecule has 1 aliphatic heterocycles. The van der Waals surface area contributed by atoms with Crippen molar-refractivity contribution in [1.29, 1.82) is 0 Å². The predicted molar refractivity (Wildman–Crippen MR) is 139 cm³/mol. The van der Waals surface area contributed by atoms with Crippen molar-refractivity contribution in [3.63, 3.8) is 0 Å². The number of para-hydroxylation sites is 1. The fourth-order valence-corrected chi connectivity index (χ4v) is 4.68. The van der Waals surface area contributed by atoms with Gasteiger partial charge >= 0.3 is 0 Å². The maximum absolute atomic E-state index is 13.1. The summed E-state index contributed by atoms with van der Waals surface area (Å²) in [6, 6.07) is 15.9. The van der Waals surface area contributed by atoms with E-state index in [0.29, 0.717) is 33.6 Å². The van der Waals surface area contributed by atoms with Crippen molar-refractivity contribution in [3.8, 4) is 0 Å². The van der Waals surface area contributed by atoms with Crippen LogP contribution in [-0.2, 0) is 16.1 Å². The van der Waals surface area contributed by atoms with Crippen LogP contribution in [0.1, 0.15) is 25.6 Å². The molecule has 10 heteroatoms. The number of nitrogens with zero attached hydrogens (tertiary/aromatic N) is 2.